The van der Waals surface area contributed by atoms with E-state index in [9.17, 15) is 22.4 Å². The van der Waals surface area contributed by atoms with Gasteiger partial charge in [-0.05, 0) is 19.9 Å². The van der Waals surface area contributed by atoms with E-state index in [1.54, 1.807) is 13.8 Å². The first-order valence-electron chi connectivity index (χ1n) is 12.5. The minimum Gasteiger partial charge on any atom is -0.491 e. The molecular weight excluding hydrogens is 538 g/mol. The lowest BCUT2D eigenvalue weighted by Gasteiger charge is -2.32. The second kappa shape index (κ2) is 10.8. The summed E-state index contributed by atoms with van der Waals surface area (Å²) in [5.74, 6) is -4.20. The number of hydrogen-bond donors (Lipinski definition) is 1. The molecule has 2 aliphatic heterocycles. The Kier molecular flexibility index (Phi) is 8.01. The molecular formula is C27H31F4N3O6. The molecule has 1 fully saturated rings. The predicted molar refractivity (Wildman–Crippen MR) is 135 cm³/mol. The number of alkyl halides is 3. The first-order chi connectivity index (χ1) is 18.7. The SMILES string of the molecule is COCCOc1c([C@H]2[C@@H](C)[C@@](C)(C(F)(F)F)O[C@H]2C(=O)Nc2cnc(C3=COC(C)(C)O3)nc2)ccc(F)c1C. The van der Waals surface area contributed by atoms with E-state index in [1.165, 1.54) is 45.7 Å². The molecule has 13 heteroatoms. The van der Waals surface area contributed by atoms with Crippen molar-refractivity contribution >= 4 is 17.4 Å². The normalized spacial score (nSPS) is 25.6. The standard InChI is InChI=1S/C27H31F4N3O6/c1-14-18(28)8-7-17(21(14)37-10-9-36-6)20-15(2)26(5,27(29,30)31)40-22(20)24(35)34-16-11-32-23(33-12-16)19-13-38-25(3,4)39-19/h7-8,11-13,15,20,22H,9-10H2,1-6H3,(H,34,35)/t15-,20-,22-,26+/m1/s1. The molecule has 1 aromatic heterocycles. The smallest absolute Gasteiger partial charge is 0.417 e. The van der Waals surface area contributed by atoms with Gasteiger partial charge >= 0.3 is 6.18 Å². The van der Waals surface area contributed by atoms with Gasteiger partial charge in [-0.1, -0.05) is 13.0 Å². The fraction of sp³-hybridized carbons (Fsp3) is 0.519. The number of ether oxygens (including phenoxy) is 5. The average Bonchev–Trinajstić information content (AvgIpc) is 3.39. The van der Waals surface area contributed by atoms with Crippen LogP contribution in [0.1, 0.15) is 50.6 Å². The zero-order valence-electron chi connectivity index (χ0n) is 22.9. The van der Waals surface area contributed by atoms with Gasteiger partial charge in [0.25, 0.3) is 5.91 Å². The van der Waals surface area contributed by atoms with Crippen LogP contribution in [0.15, 0.2) is 30.8 Å². The highest BCUT2D eigenvalue weighted by Gasteiger charge is 2.65. The number of anilines is 1. The van der Waals surface area contributed by atoms with Crippen LogP contribution >= 0.6 is 0 Å². The third kappa shape index (κ3) is 5.57. The fourth-order valence-electron chi connectivity index (χ4n) is 4.73. The number of rotatable bonds is 8. The second-order valence-electron chi connectivity index (χ2n) is 10.3. The Balaban J connectivity index is 1.66. The van der Waals surface area contributed by atoms with Crippen molar-refractivity contribution in [1.29, 1.82) is 0 Å². The quantitative estimate of drug-likeness (QED) is 0.346. The van der Waals surface area contributed by atoms with Gasteiger partial charge in [0.1, 0.15) is 30.5 Å². The number of halogens is 4. The van der Waals surface area contributed by atoms with Crippen LogP contribution in [-0.4, -0.2) is 59.9 Å². The van der Waals surface area contributed by atoms with Gasteiger partial charge in [0, 0.05) is 43.9 Å². The molecule has 4 atom stereocenters. The van der Waals surface area contributed by atoms with Gasteiger partial charge in [0.05, 0.1) is 24.7 Å². The molecule has 2 aliphatic rings. The zero-order valence-corrected chi connectivity index (χ0v) is 22.9. The lowest BCUT2D eigenvalue weighted by Crippen LogP contribution is -2.47. The van der Waals surface area contributed by atoms with E-state index in [2.05, 4.69) is 15.3 Å². The van der Waals surface area contributed by atoms with Gasteiger partial charge in [-0.25, -0.2) is 14.4 Å². The van der Waals surface area contributed by atoms with E-state index < -0.39 is 47.2 Å². The van der Waals surface area contributed by atoms with Crippen LogP contribution in [0.2, 0.25) is 0 Å². The molecule has 40 heavy (non-hydrogen) atoms. The maximum absolute atomic E-state index is 14.5. The van der Waals surface area contributed by atoms with Crippen LogP contribution in [0.3, 0.4) is 0 Å². The number of carbonyl (C=O) groups is 1. The van der Waals surface area contributed by atoms with Crippen molar-refractivity contribution in [2.24, 2.45) is 5.92 Å². The van der Waals surface area contributed by atoms with Crippen molar-refractivity contribution in [3.05, 3.63) is 53.6 Å². The van der Waals surface area contributed by atoms with Crippen molar-refractivity contribution in [3.8, 4) is 5.75 Å². The van der Waals surface area contributed by atoms with Crippen molar-refractivity contribution in [3.63, 3.8) is 0 Å². The third-order valence-corrected chi connectivity index (χ3v) is 7.14. The second-order valence-corrected chi connectivity index (χ2v) is 10.3. The number of carbonyl (C=O) groups excluding carboxylic acids is 1. The number of aromatic nitrogens is 2. The monoisotopic (exact) mass is 569 g/mol. The van der Waals surface area contributed by atoms with Crippen LogP contribution in [0.4, 0.5) is 23.2 Å². The molecule has 1 aromatic carbocycles. The molecule has 1 saturated heterocycles. The molecule has 2 aromatic rings. The summed E-state index contributed by atoms with van der Waals surface area (Å²) in [7, 11) is 1.45. The molecule has 4 rings (SSSR count). The summed E-state index contributed by atoms with van der Waals surface area (Å²) < 4.78 is 84.5. The van der Waals surface area contributed by atoms with Gasteiger partial charge in [0.15, 0.2) is 11.4 Å². The Bertz CT molecular complexity index is 1280. The molecule has 3 heterocycles. The van der Waals surface area contributed by atoms with Gasteiger partial charge in [-0.2, -0.15) is 13.2 Å². The Hall–Kier alpha value is -3.45. The van der Waals surface area contributed by atoms with Crippen LogP contribution in [0.5, 0.6) is 5.75 Å². The number of benzene rings is 1. The molecule has 1 amide bonds. The molecule has 218 valence electrons. The molecule has 0 spiro atoms. The van der Waals surface area contributed by atoms with Crippen molar-refractivity contribution in [2.45, 2.75) is 64.2 Å². The van der Waals surface area contributed by atoms with E-state index in [0.717, 1.165) is 13.0 Å². The largest absolute Gasteiger partial charge is 0.491 e. The van der Waals surface area contributed by atoms with E-state index in [0.29, 0.717) is 0 Å². The van der Waals surface area contributed by atoms with Crippen molar-refractivity contribution in [1.82, 2.24) is 9.97 Å². The van der Waals surface area contributed by atoms with E-state index in [-0.39, 0.29) is 47.4 Å². The van der Waals surface area contributed by atoms with Crippen LogP contribution in [0.25, 0.3) is 5.76 Å². The number of hydrogen-bond acceptors (Lipinski definition) is 8. The maximum atomic E-state index is 14.5. The van der Waals surface area contributed by atoms with Crippen molar-refractivity contribution in [2.75, 3.05) is 25.6 Å². The zero-order chi connectivity index (χ0) is 29.5. The Morgan fingerprint density at radius 3 is 2.40 bits per heavy atom. The highest BCUT2D eigenvalue weighted by molar-refractivity contribution is 5.95. The van der Waals surface area contributed by atoms with E-state index in [1.807, 2.05) is 0 Å². The number of amides is 1. The first-order valence-corrected chi connectivity index (χ1v) is 12.5. The summed E-state index contributed by atoms with van der Waals surface area (Å²) in [5, 5.41) is 2.54. The predicted octanol–water partition coefficient (Wildman–Crippen LogP) is 5.11. The van der Waals surface area contributed by atoms with Gasteiger partial charge in [0.2, 0.25) is 11.5 Å². The van der Waals surface area contributed by atoms with E-state index in [4.69, 9.17) is 23.7 Å². The molecule has 0 saturated carbocycles. The molecule has 0 radical (unpaired) electrons. The van der Waals surface area contributed by atoms with Crippen LogP contribution < -0.4 is 10.1 Å². The Morgan fingerprint density at radius 2 is 1.82 bits per heavy atom. The van der Waals surface area contributed by atoms with Crippen LogP contribution in [0, 0.1) is 18.7 Å². The Labute approximate surface area is 228 Å². The average molecular weight is 570 g/mol. The van der Waals surface area contributed by atoms with Gasteiger partial charge < -0.3 is 29.0 Å². The third-order valence-electron chi connectivity index (χ3n) is 7.14. The highest BCUT2D eigenvalue weighted by atomic mass is 19.4. The molecule has 1 N–H and O–H groups in total. The molecule has 9 nitrogen and oxygen atoms in total. The minimum absolute atomic E-state index is 0.0230. The number of nitrogens with one attached hydrogen (secondary N) is 1. The van der Waals surface area contributed by atoms with E-state index >= 15 is 0 Å². The number of nitrogens with zero attached hydrogens (tertiary/aromatic N) is 2. The minimum atomic E-state index is -4.80. The molecule has 0 unspecified atom stereocenters. The van der Waals surface area contributed by atoms with Crippen LogP contribution in [-0.2, 0) is 23.7 Å². The van der Waals surface area contributed by atoms with Gasteiger partial charge in [-0.3, -0.25) is 4.79 Å². The fourth-order valence-corrected chi connectivity index (χ4v) is 4.73. The summed E-state index contributed by atoms with van der Waals surface area (Å²) in [6, 6.07) is 2.46. The lowest BCUT2D eigenvalue weighted by molar-refractivity contribution is -0.272. The lowest BCUT2D eigenvalue weighted by atomic mass is 9.76. The molecule has 0 bridgehead atoms. The summed E-state index contributed by atoms with van der Waals surface area (Å²) in [5.41, 5.74) is -2.24. The summed E-state index contributed by atoms with van der Waals surface area (Å²) in [6.45, 7) is 7.29. The number of methoxy groups -OCH3 is 1. The topological polar surface area (TPSA) is 101 Å². The first kappa shape index (κ1) is 29.5. The van der Waals surface area contributed by atoms with Crippen molar-refractivity contribution < 1.29 is 46.0 Å². The van der Waals surface area contributed by atoms with Gasteiger partial charge in [-0.15, -0.1) is 0 Å². The molecule has 0 aliphatic carbocycles. The summed E-state index contributed by atoms with van der Waals surface area (Å²) in [6.07, 6.45) is -2.48. The maximum Gasteiger partial charge on any atom is 0.417 e. The summed E-state index contributed by atoms with van der Waals surface area (Å²) in [4.78, 5) is 21.8. The Morgan fingerprint density at radius 1 is 1.15 bits per heavy atom. The summed E-state index contributed by atoms with van der Waals surface area (Å²) >= 11 is 0. The highest BCUT2D eigenvalue weighted by Crippen LogP contribution is 2.55.